The average molecular weight is 485 g/mol. The standard InChI is InChI=1S/C26H20N4O4S/c1-15-7-12-18-22(13-15)35-26(28-18)16-8-10-17(11-9-16)27-25(33)24-20(31)14-23(32)30(29-24)19-5-3-4-6-21(19)34-2/h3-14,31H,1-2H3,(H,27,33). The zero-order chi connectivity index (χ0) is 24.5. The second-order valence-corrected chi connectivity index (χ2v) is 8.85. The van der Waals surface area contributed by atoms with Gasteiger partial charge in [0, 0.05) is 17.3 Å². The van der Waals surface area contributed by atoms with E-state index in [4.69, 9.17) is 4.74 Å². The van der Waals surface area contributed by atoms with Gasteiger partial charge in [-0.3, -0.25) is 9.59 Å². The first-order valence-electron chi connectivity index (χ1n) is 10.7. The summed E-state index contributed by atoms with van der Waals surface area (Å²) in [6.45, 7) is 2.05. The molecule has 3 aromatic carbocycles. The number of benzene rings is 3. The molecule has 2 heterocycles. The second-order valence-electron chi connectivity index (χ2n) is 7.82. The number of nitrogens with one attached hydrogen (secondary N) is 1. The highest BCUT2D eigenvalue weighted by Gasteiger charge is 2.19. The van der Waals surface area contributed by atoms with Crippen LogP contribution < -0.4 is 15.6 Å². The van der Waals surface area contributed by atoms with Crippen LogP contribution >= 0.6 is 11.3 Å². The van der Waals surface area contributed by atoms with Crippen molar-refractivity contribution in [3.05, 3.63) is 94.4 Å². The molecular weight excluding hydrogens is 464 g/mol. The molecule has 9 heteroatoms. The minimum absolute atomic E-state index is 0.291. The van der Waals surface area contributed by atoms with Crippen LogP contribution in [0.5, 0.6) is 11.5 Å². The third-order valence-corrected chi connectivity index (χ3v) is 6.44. The van der Waals surface area contributed by atoms with E-state index < -0.39 is 17.2 Å². The monoisotopic (exact) mass is 484 g/mol. The normalized spacial score (nSPS) is 10.9. The molecule has 0 radical (unpaired) electrons. The Hall–Kier alpha value is -4.50. The summed E-state index contributed by atoms with van der Waals surface area (Å²) in [5.41, 5.74) is 3.02. The van der Waals surface area contributed by atoms with Crippen LogP contribution in [0.15, 0.2) is 77.6 Å². The van der Waals surface area contributed by atoms with E-state index in [0.29, 0.717) is 17.1 Å². The zero-order valence-corrected chi connectivity index (χ0v) is 19.7. The van der Waals surface area contributed by atoms with E-state index in [-0.39, 0.29) is 5.69 Å². The number of rotatable bonds is 5. The van der Waals surface area contributed by atoms with Crippen LogP contribution in [-0.4, -0.2) is 32.9 Å². The second kappa shape index (κ2) is 9.03. The zero-order valence-electron chi connectivity index (χ0n) is 18.9. The molecule has 2 aromatic heterocycles. The quantitative estimate of drug-likeness (QED) is 0.372. The highest BCUT2D eigenvalue weighted by atomic mass is 32.1. The van der Waals surface area contributed by atoms with Gasteiger partial charge >= 0.3 is 0 Å². The van der Waals surface area contributed by atoms with Gasteiger partial charge in [0.25, 0.3) is 11.5 Å². The number of aromatic nitrogens is 3. The number of aromatic hydroxyl groups is 1. The van der Waals surface area contributed by atoms with E-state index in [0.717, 1.165) is 31.5 Å². The summed E-state index contributed by atoms with van der Waals surface area (Å²) in [6.07, 6.45) is 0. The van der Waals surface area contributed by atoms with Crippen molar-refractivity contribution in [2.75, 3.05) is 12.4 Å². The van der Waals surface area contributed by atoms with E-state index in [2.05, 4.69) is 21.5 Å². The first-order chi connectivity index (χ1) is 16.9. The third kappa shape index (κ3) is 4.36. The Labute approximate surface area is 204 Å². The summed E-state index contributed by atoms with van der Waals surface area (Å²) in [5, 5.41) is 17.9. The number of ether oxygens (including phenoxy) is 1. The van der Waals surface area contributed by atoms with Crippen molar-refractivity contribution in [3.63, 3.8) is 0 Å². The number of anilines is 1. The highest BCUT2D eigenvalue weighted by molar-refractivity contribution is 7.21. The van der Waals surface area contributed by atoms with Crippen LogP contribution in [0.25, 0.3) is 26.5 Å². The summed E-state index contributed by atoms with van der Waals surface area (Å²) in [7, 11) is 1.47. The molecule has 5 aromatic rings. The van der Waals surface area contributed by atoms with Gasteiger partial charge in [0.1, 0.15) is 16.4 Å². The van der Waals surface area contributed by atoms with Crippen molar-refractivity contribution >= 4 is 33.1 Å². The maximum atomic E-state index is 12.9. The SMILES string of the molecule is COc1ccccc1-n1nc(C(=O)Nc2ccc(-c3nc4ccc(C)cc4s3)cc2)c(O)cc1=O. The lowest BCUT2D eigenvalue weighted by Gasteiger charge is -2.12. The number of carbonyl (C=O) groups excluding carboxylic acids is 1. The largest absolute Gasteiger partial charge is 0.505 e. The smallest absolute Gasteiger partial charge is 0.279 e. The predicted octanol–water partition coefficient (Wildman–Crippen LogP) is 4.78. The summed E-state index contributed by atoms with van der Waals surface area (Å²) in [5.74, 6) is -0.769. The Bertz CT molecular complexity index is 1620. The number of aryl methyl sites for hydroxylation is 1. The molecule has 174 valence electrons. The third-order valence-electron chi connectivity index (χ3n) is 5.37. The van der Waals surface area contributed by atoms with E-state index in [1.807, 2.05) is 31.2 Å². The Morgan fingerprint density at radius 1 is 1.06 bits per heavy atom. The average Bonchev–Trinajstić information content (AvgIpc) is 3.27. The van der Waals surface area contributed by atoms with Gasteiger partial charge in [0.05, 0.1) is 17.3 Å². The first-order valence-corrected chi connectivity index (χ1v) is 11.5. The summed E-state index contributed by atoms with van der Waals surface area (Å²) in [4.78, 5) is 30.0. The van der Waals surface area contributed by atoms with Gasteiger partial charge in [0.2, 0.25) is 0 Å². The summed E-state index contributed by atoms with van der Waals surface area (Å²) in [6, 6.07) is 21.1. The molecule has 0 aliphatic heterocycles. The lowest BCUT2D eigenvalue weighted by Crippen LogP contribution is -2.25. The number of amides is 1. The molecule has 0 spiro atoms. The van der Waals surface area contributed by atoms with Gasteiger partial charge in [0.15, 0.2) is 11.4 Å². The van der Waals surface area contributed by atoms with Crippen molar-refractivity contribution in [2.45, 2.75) is 6.92 Å². The number of methoxy groups -OCH3 is 1. The minimum atomic E-state index is -0.658. The molecule has 35 heavy (non-hydrogen) atoms. The molecule has 0 saturated heterocycles. The van der Waals surface area contributed by atoms with Crippen LogP contribution in [-0.2, 0) is 0 Å². The molecule has 0 unspecified atom stereocenters. The molecule has 0 aliphatic rings. The Morgan fingerprint density at radius 2 is 1.83 bits per heavy atom. The molecule has 1 amide bonds. The van der Waals surface area contributed by atoms with Crippen molar-refractivity contribution in [1.82, 2.24) is 14.8 Å². The van der Waals surface area contributed by atoms with Crippen LogP contribution in [0.4, 0.5) is 5.69 Å². The molecule has 5 rings (SSSR count). The van der Waals surface area contributed by atoms with Gasteiger partial charge < -0.3 is 15.2 Å². The van der Waals surface area contributed by atoms with Crippen molar-refractivity contribution < 1.29 is 14.6 Å². The predicted molar refractivity (Wildman–Crippen MR) is 136 cm³/mol. The van der Waals surface area contributed by atoms with E-state index in [9.17, 15) is 14.7 Å². The fraction of sp³-hybridized carbons (Fsp3) is 0.0769. The van der Waals surface area contributed by atoms with Crippen LogP contribution in [0, 0.1) is 6.92 Å². The Morgan fingerprint density at radius 3 is 2.60 bits per heavy atom. The van der Waals surface area contributed by atoms with Gasteiger partial charge in [-0.25, -0.2) is 4.98 Å². The molecule has 0 atom stereocenters. The summed E-state index contributed by atoms with van der Waals surface area (Å²) >= 11 is 1.60. The maximum Gasteiger partial charge on any atom is 0.279 e. The molecular formula is C26H20N4O4S. The lowest BCUT2D eigenvalue weighted by molar-refractivity contribution is 0.101. The Kier molecular flexibility index (Phi) is 5.76. The number of hydrogen-bond acceptors (Lipinski definition) is 7. The number of nitrogens with zero attached hydrogens (tertiary/aromatic N) is 3. The van der Waals surface area contributed by atoms with Crippen LogP contribution in [0.1, 0.15) is 16.1 Å². The van der Waals surface area contributed by atoms with Crippen molar-refractivity contribution in [2.24, 2.45) is 0 Å². The number of fused-ring (bicyclic) bond motifs is 1. The fourth-order valence-electron chi connectivity index (χ4n) is 3.63. The fourth-order valence-corrected chi connectivity index (χ4v) is 4.70. The maximum absolute atomic E-state index is 12.9. The van der Waals surface area contributed by atoms with Gasteiger partial charge in [-0.2, -0.15) is 9.78 Å². The minimum Gasteiger partial charge on any atom is -0.505 e. The van der Waals surface area contributed by atoms with Crippen molar-refractivity contribution in [3.8, 4) is 27.8 Å². The molecule has 0 bridgehead atoms. The van der Waals surface area contributed by atoms with Gasteiger partial charge in [-0.15, -0.1) is 11.3 Å². The number of thiazole rings is 1. The first kappa shape index (κ1) is 22.3. The van der Waals surface area contributed by atoms with E-state index in [1.54, 1.807) is 47.7 Å². The number of hydrogen-bond donors (Lipinski definition) is 2. The molecule has 0 aliphatic carbocycles. The van der Waals surface area contributed by atoms with E-state index in [1.165, 1.54) is 12.7 Å². The lowest BCUT2D eigenvalue weighted by atomic mass is 10.2. The number of para-hydroxylation sites is 2. The highest BCUT2D eigenvalue weighted by Crippen LogP contribution is 2.31. The topological polar surface area (TPSA) is 106 Å². The van der Waals surface area contributed by atoms with Gasteiger partial charge in [-0.05, 0) is 61.0 Å². The van der Waals surface area contributed by atoms with E-state index >= 15 is 0 Å². The van der Waals surface area contributed by atoms with Gasteiger partial charge in [-0.1, -0.05) is 18.2 Å². The summed E-state index contributed by atoms with van der Waals surface area (Å²) < 4.78 is 7.42. The molecule has 8 nitrogen and oxygen atoms in total. The number of carbonyl (C=O) groups is 1. The van der Waals surface area contributed by atoms with Crippen LogP contribution in [0.3, 0.4) is 0 Å². The molecule has 0 fully saturated rings. The van der Waals surface area contributed by atoms with Crippen molar-refractivity contribution in [1.29, 1.82) is 0 Å². The molecule has 0 saturated carbocycles. The Balaban J connectivity index is 1.41. The van der Waals surface area contributed by atoms with Crippen LogP contribution in [0.2, 0.25) is 0 Å². The molecule has 2 N–H and O–H groups in total.